The maximum atomic E-state index is 15.3. The molecular weight excluding hydrogens is 396 g/mol. The first kappa shape index (κ1) is 19.3. The van der Waals surface area contributed by atoms with Crippen molar-refractivity contribution in [2.45, 2.75) is 37.5 Å². The fourth-order valence-corrected chi connectivity index (χ4v) is 5.46. The molecular formula is C21H23F2N3O4. The Labute approximate surface area is 171 Å². The number of hydrogen-bond acceptors (Lipinski definition) is 5. The number of fused-ring (bicyclic) bond motifs is 2. The number of carbonyl (C=O) groups is 1. The Morgan fingerprint density at radius 1 is 1.43 bits per heavy atom. The molecule has 3 aliphatic rings. The van der Waals surface area contributed by atoms with Gasteiger partial charge in [0.05, 0.1) is 24.1 Å². The maximum Gasteiger partial charge on any atom is 0.341 e. The molecule has 30 heavy (non-hydrogen) atoms. The summed E-state index contributed by atoms with van der Waals surface area (Å²) >= 11 is 0. The number of alkyl halides is 1. The molecule has 2 aromatic rings. The average Bonchev–Trinajstić information content (AvgIpc) is 3.33. The van der Waals surface area contributed by atoms with Crippen LogP contribution in [-0.2, 0) is 0 Å². The minimum Gasteiger partial charge on any atom is -0.492 e. The van der Waals surface area contributed by atoms with Crippen LogP contribution in [-0.4, -0.2) is 47.6 Å². The Kier molecular flexibility index (Phi) is 3.96. The van der Waals surface area contributed by atoms with Crippen molar-refractivity contribution in [2.75, 3.05) is 25.1 Å². The van der Waals surface area contributed by atoms with E-state index in [9.17, 15) is 19.1 Å². The summed E-state index contributed by atoms with van der Waals surface area (Å²) in [7, 11) is 1.36. The van der Waals surface area contributed by atoms with Crippen molar-refractivity contribution < 1.29 is 23.4 Å². The third-order valence-corrected chi connectivity index (χ3v) is 7.02. The van der Waals surface area contributed by atoms with Gasteiger partial charge in [0.2, 0.25) is 5.43 Å². The molecule has 5 atom stereocenters. The third kappa shape index (κ3) is 2.50. The zero-order chi connectivity index (χ0) is 21.5. The normalized spacial score (nSPS) is 32.1. The van der Waals surface area contributed by atoms with Crippen LogP contribution in [0.2, 0.25) is 0 Å². The van der Waals surface area contributed by atoms with Crippen LogP contribution >= 0.6 is 0 Å². The molecule has 5 rings (SSSR count). The summed E-state index contributed by atoms with van der Waals surface area (Å²) in [5.74, 6) is -1.35. The summed E-state index contributed by atoms with van der Waals surface area (Å²) in [6, 6.07) is 0.426. The predicted octanol–water partition coefficient (Wildman–Crippen LogP) is 2.30. The Bertz CT molecular complexity index is 1150. The number of nitrogens with zero attached hydrogens (tertiary/aromatic N) is 2. The lowest BCUT2D eigenvalue weighted by Gasteiger charge is -2.46. The van der Waals surface area contributed by atoms with Gasteiger partial charge in [-0.3, -0.25) is 4.79 Å². The summed E-state index contributed by atoms with van der Waals surface area (Å²) in [5, 5.41) is 9.27. The molecule has 0 bridgehead atoms. The Balaban J connectivity index is 1.76. The number of nitrogens with two attached hydrogens (primary N) is 1. The number of halogens is 2. The lowest BCUT2D eigenvalue weighted by molar-refractivity contribution is 0.0694. The van der Waals surface area contributed by atoms with Gasteiger partial charge in [-0.05, 0) is 24.3 Å². The number of carboxylic acid groups (broad SMARTS) is 1. The van der Waals surface area contributed by atoms with E-state index in [2.05, 4.69) is 6.92 Å². The highest BCUT2D eigenvalue weighted by Gasteiger charge is 2.55. The smallest absolute Gasteiger partial charge is 0.341 e. The molecule has 3 N–H and O–H groups in total. The molecule has 0 unspecified atom stereocenters. The van der Waals surface area contributed by atoms with E-state index in [0.717, 1.165) is 18.7 Å². The molecule has 9 heteroatoms. The molecule has 1 aliphatic heterocycles. The number of aromatic carboxylic acids is 1. The number of anilines is 1. The van der Waals surface area contributed by atoms with Gasteiger partial charge < -0.3 is 25.0 Å². The highest BCUT2D eigenvalue weighted by molar-refractivity contribution is 5.97. The molecule has 2 saturated carbocycles. The summed E-state index contributed by atoms with van der Waals surface area (Å²) in [5.41, 5.74) is 5.15. The van der Waals surface area contributed by atoms with Crippen LogP contribution in [0.1, 0.15) is 36.2 Å². The van der Waals surface area contributed by atoms with E-state index in [1.54, 1.807) is 0 Å². The van der Waals surface area contributed by atoms with Crippen molar-refractivity contribution in [3.63, 3.8) is 0 Å². The van der Waals surface area contributed by atoms with E-state index in [-0.39, 0.29) is 40.2 Å². The number of pyridine rings is 1. The Hall–Kier alpha value is -2.68. The average molecular weight is 419 g/mol. The van der Waals surface area contributed by atoms with Crippen molar-refractivity contribution in [2.24, 2.45) is 17.6 Å². The second kappa shape index (κ2) is 6.16. The number of aromatic nitrogens is 1. The van der Waals surface area contributed by atoms with Crippen molar-refractivity contribution in [3.05, 3.63) is 33.9 Å². The zero-order valence-electron chi connectivity index (χ0n) is 16.7. The molecule has 2 aliphatic carbocycles. The van der Waals surface area contributed by atoms with Crippen molar-refractivity contribution in [3.8, 4) is 5.75 Å². The van der Waals surface area contributed by atoms with Gasteiger partial charge in [0.25, 0.3) is 0 Å². The van der Waals surface area contributed by atoms with Crippen molar-refractivity contribution >= 4 is 22.6 Å². The monoisotopic (exact) mass is 419 g/mol. The summed E-state index contributed by atoms with van der Waals surface area (Å²) in [4.78, 5) is 26.1. The van der Waals surface area contributed by atoms with Gasteiger partial charge >= 0.3 is 5.97 Å². The standard InChI is InChI=1S/C21H23F2N3O4/c1-9-5-21(24)8-25(7-12(9)21)17-14(23)3-10-16(19(17)30-2)26(15-4-13(15)22)6-11(18(10)27)20(28)29/h3,6,9,12-13,15H,4-5,7-8,24H2,1-2H3,(H,28,29)/t9-,12-,13-,15+,21+/m0/s1. The molecule has 0 spiro atoms. The van der Waals surface area contributed by atoms with E-state index >= 15 is 4.39 Å². The van der Waals surface area contributed by atoms with Gasteiger partial charge in [-0.1, -0.05) is 6.92 Å². The topological polar surface area (TPSA) is 97.8 Å². The molecule has 7 nitrogen and oxygen atoms in total. The van der Waals surface area contributed by atoms with E-state index < -0.39 is 35.0 Å². The Morgan fingerprint density at radius 3 is 2.67 bits per heavy atom. The SMILES string of the molecule is COc1c(N2C[C@H]3[C@@H](C)C[C@@]3(N)C2)c(F)cc2c(=O)c(C(=O)O)cn([C@@H]3C[C@@H]3F)c12. The largest absolute Gasteiger partial charge is 0.492 e. The fourth-order valence-electron chi connectivity index (χ4n) is 5.46. The quantitative estimate of drug-likeness (QED) is 0.789. The molecule has 1 aromatic heterocycles. The fraction of sp³-hybridized carbons (Fsp3) is 0.524. The first-order valence-corrected chi connectivity index (χ1v) is 10.0. The molecule has 0 radical (unpaired) electrons. The predicted molar refractivity (Wildman–Crippen MR) is 107 cm³/mol. The van der Waals surface area contributed by atoms with Crippen LogP contribution in [0.5, 0.6) is 5.75 Å². The van der Waals surface area contributed by atoms with Gasteiger partial charge in [0.15, 0.2) is 11.6 Å². The first-order chi connectivity index (χ1) is 14.2. The summed E-state index contributed by atoms with van der Waals surface area (Å²) in [6.07, 6.45) is 1.03. The molecule has 1 aromatic carbocycles. The minimum atomic E-state index is -1.44. The van der Waals surface area contributed by atoms with Gasteiger partial charge in [-0.25, -0.2) is 13.6 Å². The number of methoxy groups -OCH3 is 1. The number of ether oxygens (including phenoxy) is 1. The highest BCUT2D eigenvalue weighted by Crippen LogP contribution is 2.51. The van der Waals surface area contributed by atoms with E-state index in [0.29, 0.717) is 19.0 Å². The maximum absolute atomic E-state index is 15.3. The van der Waals surface area contributed by atoms with Crippen LogP contribution in [0.4, 0.5) is 14.5 Å². The molecule has 3 fully saturated rings. The van der Waals surface area contributed by atoms with Crippen LogP contribution in [0, 0.1) is 17.7 Å². The minimum absolute atomic E-state index is 0.107. The zero-order valence-corrected chi connectivity index (χ0v) is 16.7. The number of carboxylic acids is 1. The van der Waals surface area contributed by atoms with Gasteiger partial charge in [-0.2, -0.15) is 0 Å². The van der Waals surface area contributed by atoms with E-state index in [1.165, 1.54) is 11.7 Å². The van der Waals surface area contributed by atoms with Crippen LogP contribution in [0.3, 0.4) is 0 Å². The lowest BCUT2D eigenvalue weighted by atomic mass is 9.62. The number of hydrogen-bond donors (Lipinski definition) is 2. The Morgan fingerprint density at radius 2 is 2.13 bits per heavy atom. The van der Waals surface area contributed by atoms with Crippen molar-refractivity contribution in [1.29, 1.82) is 0 Å². The molecule has 2 heterocycles. The van der Waals surface area contributed by atoms with Gasteiger partial charge in [0, 0.05) is 31.2 Å². The molecule has 0 amide bonds. The lowest BCUT2D eigenvalue weighted by Crippen LogP contribution is -2.59. The molecule has 1 saturated heterocycles. The van der Waals surface area contributed by atoms with E-state index in [1.807, 2.05) is 4.90 Å². The summed E-state index contributed by atoms with van der Waals surface area (Å²) in [6.45, 7) is 3.13. The van der Waals surface area contributed by atoms with Crippen LogP contribution < -0.4 is 20.8 Å². The number of rotatable bonds is 4. The highest BCUT2D eigenvalue weighted by atomic mass is 19.1. The van der Waals surface area contributed by atoms with Crippen molar-refractivity contribution in [1.82, 2.24) is 4.57 Å². The first-order valence-electron chi connectivity index (χ1n) is 10.0. The summed E-state index contributed by atoms with van der Waals surface area (Å²) < 4.78 is 36.3. The second-order valence-electron chi connectivity index (χ2n) is 8.94. The molecule has 160 valence electrons. The van der Waals surface area contributed by atoms with Crippen LogP contribution in [0.25, 0.3) is 10.9 Å². The second-order valence-corrected chi connectivity index (χ2v) is 8.94. The van der Waals surface area contributed by atoms with Gasteiger partial charge in [-0.15, -0.1) is 0 Å². The van der Waals surface area contributed by atoms with E-state index in [4.69, 9.17) is 10.5 Å². The van der Waals surface area contributed by atoms with Crippen LogP contribution in [0.15, 0.2) is 17.1 Å². The van der Waals surface area contributed by atoms with Gasteiger partial charge in [0.1, 0.15) is 17.4 Å². The number of benzene rings is 1. The third-order valence-electron chi connectivity index (χ3n) is 7.02.